The summed E-state index contributed by atoms with van der Waals surface area (Å²) in [5.41, 5.74) is 2.68. The van der Waals surface area contributed by atoms with Crippen molar-refractivity contribution in [1.82, 2.24) is 15.5 Å². The molecule has 1 aliphatic heterocycles. The van der Waals surface area contributed by atoms with Crippen molar-refractivity contribution in [2.75, 3.05) is 33.3 Å². The molecule has 1 aliphatic rings. The zero-order valence-electron chi connectivity index (χ0n) is 16.1. The van der Waals surface area contributed by atoms with Gasteiger partial charge in [-0.15, -0.1) is 0 Å². The third kappa shape index (κ3) is 7.88. The normalized spacial score (nSPS) is 15.8. The summed E-state index contributed by atoms with van der Waals surface area (Å²) in [5.74, 6) is 0.839. The third-order valence-corrected chi connectivity index (χ3v) is 4.38. The second-order valence-electron chi connectivity index (χ2n) is 6.93. The molecule has 0 atom stereocenters. The van der Waals surface area contributed by atoms with Crippen molar-refractivity contribution in [3.8, 4) is 0 Å². The Morgan fingerprint density at radius 1 is 1.12 bits per heavy atom. The molecule has 0 amide bonds. The van der Waals surface area contributed by atoms with Gasteiger partial charge in [-0.05, 0) is 57.3 Å². The van der Waals surface area contributed by atoms with Crippen LogP contribution >= 0.6 is 0 Å². The minimum atomic E-state index is 0.297. The van der Waals surface area contributed by atoms with Crippen molar-refractivity contribution in [1.29, 1.82) is 0 Å². The lowest BCUT2D eigenvalue weighted by atomic mass is 10.1. The maximum atomic E-state index is 5.54. The zero-order chi connectivity index (χ0) is 17.9. The van der Waals surface area contributed by atoms with Crippen molar-refractivity contribution in [3.05, 3.63) is 35.4 Å². The molecule has 1 saturated heterocycles. The molecule has 1 heterocycles. The molecule has 0 radical (unpaired) electrons. The van der Waals surface area contributed by atoms with E-state index in [-0.39, 0.29) is 0 Å². The smallest absolute Gasteiger partial charge is 0.191 e. The number of hydrogen-bond acceptors (Lipinski definition) is 3. The quantitative estimate of drug-likeness (QED) is 0.410. The highest BCUT2D eigenvalue weighted by atomic mass is 16.5. The summed E-state index contributed by atoms with van der Waals surface area (Å²) in [6.07, 6.45) is 3.96. The van der Waals surface area contributed by atoms with Crippen LogP contribution in [0.25, 0.3) is 0 Å². The summed E-state index contributed by atoms with van der Waals surface area (Å²) in [6.45, 7) is 10.1. The standard InChI is InChI=1S/C20H34N4O/c1-17(2)25-14-6-11-22-20(21-3)23-15-18-7-9-19(10-8-18)16-24-12-4-5-13-24/h7-10,17H,4-6,11-16H2,1-3H3,(H2,21,22,23). The van der Waals surface area contributed by atoms with Crippen LogP contribution in [-0.4, -0.2) is 50.3 Å². The summed E-state index contributed by atoms with van der Waals surface area (Å²) in [4.78, 5) is 6.80. The van der Waals surface area contributed by atoms with Gasteiger partial charge in [0.1, 0.15) is 0 Å². The van der Waals surface area contributed by atoms with E-state index in [2.05, 4.69) is 58.6 Å². The number of rotatable bonds is 9. The predicted molar refractivity (Wildman–Crippen MR) is 105 cm³/mol. The molecule has 5 heteroatoms. The molecular formula is C20H34N4O. The molecule has 0 bridgehead atoms. The predicted octanol–water partition coefficient (Wildman–Crippen LogP) is 2.76. The number of nitrogens with zero attached hydrogens (tertiary/aromatic N) is 2. The van der Waals surface area contributed by atoms with E-state index in [0.717, 1.165) is 38.6 Å². The molecule has 25 heavy (non-hydrogen) atoms. The average molecular weight is 347 g/mol. The summed E-state index contributed by atoms with van der Waals surface area (Å²) >= 11 is 0. The first-order valence-electron chi connectivity index (χ1n) is 9.53. The zero-order valence-corrected chi connectivity index (χ0v) is 16.1. The Morgan fingerprint density at radius 2 is 1.80 bits per heavy atom. The van der Waals surface area contributed by atoms with E-state index < -0.39 is 0 Å². The Morgan fingerprint density at radius 3 is 2.44 bits per heavy atom. The van der Waals surface area contributed by atoms with E-state index in [1.165, 1.54) is 37.1 Å². The fraction of sp³-hybridized carbons (Fsp3) is 0.650. The highest BCUT2D eigenvalue weighted by Crippen LogP contribution is 2.13. The molecule has 0 saturated carbocycles. The number of guanidine groups is 1. The van der Waals surface area contributed by atoms with Crippen LogP contribution in [-0.2, 0) is 17.8 Å². The maximum absolute atomic E-state index is 5.54. The molecule has 2 rings (SSSR count). The highest BCUT2D eigenvalue weighted by Gasteiger charge is 2.11. The third-order valence-electron chi connectivity index (χ3n) is 4.38. The van der Waals surface area contributed by atoms with Crippen LogP contribution in [0.1, 0.15) is 44.2 Å². The van der Waals surface area contributed by atoms with Crippen LogP contribution in [0.5, 0.6) is 0 Å². The van der Waals surface area contributed by atoms with Gasteiger partial charge in [0.15, 0.2) is 5.96 Å². The lowest BCUT2D eigenvalue weighted by Crippen LogP contribution is -2.37. The Labute approximate surface area is 152 Å². The van der Waals surface area contributed by atoms with Gasteiger partial charge in [-0.1, -0.05) is 24.3 Å². The maximum Gasteiger partial charge on any atom is 0.191 e. The van der Waals surface area contributed by atoms with Gasteiger partial charge in [-0.3, -0.25) is 9.89 Å². The summed E-state index contributed by atoms with van der Waals surface area (Å²) in [7, 11) is 1.80. The molecule has 1 fully saturated rings. The second-order valence-corrected chi connectivity index (χ2v) is 6.93. The van der Waals surface area contributed by atoms with Crippen molar-refractivity contribution >= 4 is 5.96 Å². The summed E-state index contributed by atoms with van der Waals surface area (Å²) in [5, 5.41) is 6.69. The fourth-order valence-corrected chi connectivity index (χ4v) is 2.97. The topological polar surface area (TPSA) is 48.9 Å². The highest BCUT2D eigenvalue weighted by molar-refractivity contribution is 5.79. The molecule has 140 valence electrons. The number of benzene rings is 1. The first-order valence-corrected chi connectivity index (χ1v) is 9.53. The molecule has 1 aromatic rings. The van der Waals surface area contributed by atoms with Gasteiger partial charge in [0, 0.05) is 33.3 Å². The molecule has 5 nitrogen and oxygen atoms in total. The van der Waals surface area contributed by atoms with Crippen molar-refractivity contribution < 1.29 is 4.74 Å². The van der Waals surface area contributed by atoms with Gasteiger partial charge >= 0.3 is 0 Å². The monoisotopic (exact) mass is 346 g/mol. The lowest BCUT2D eigenvalue weighted by Gasteiger charge is -2.15. The van der Waals surface area contributed by atoms with E-state index in [9.17, 15) is 0 Å². The van der Waals surface area contributed by atoms with Gasteiger partial charge in [0.2, 0.25) is 0 Å². The van der Waals surface area contributed by atoms with Crippen LogP contribution in [0.2, 0.25) is 0 Å². The van der Waals surface area contributed by atoms with Gasteiger partial charge in [0.05, 0.1) is 6.10 Å². The van der Waals surface area contributed by atoms with Gasteiger partial charge < -0.3 is 15.4 Å². The molecule has 1 aromatic carbocycles. The summed E-state index contributed by atoms with van der Waals surface area (Å²) < 4.78 is 5.54. The molecule has 0 aliphatic carbocycles. The molecule has 2 N–H and O–H groups in total. The fourth-order valence-electron chi connectivity index (χ4n) is 2.97. The van der Waals surface area contributed by atoms with E-state index in [1.54, 1.807) is 7.05 Å². The van der Waals surface area contributed by atoms with Crippen LogP contribution < -0.4 is 10.6 Å². The van der Waals surface area contributed by atoms with Crippen LogP contribution in [0.15, 0.2) is 29.3 Å². The number of nitrogens with one attached hydrogen (secondary N) is 2. The first kappa shape index (κ1) is 19.7. The van der Waals surface area contributed by atoms with Gasteiger partial charge in [-0.2, -0.15) is 0 Å². The van der Waals surface area contributed by atoms with Gasteiger partial charge in [-0.25, -0.2) is 0 Å². The second kappa shape index (κ2) is 11.1. The average Bonchev–Trinajstić information content (AvgIpc) is 3.11. The molecular weight excluding hydrogens is 312 g/mol. The van der Waals surface area contributed by atoms with E-state index >= 15 is 0 Å². The number of hydrogen-bond donors (Lipinski definition) is 2. The molecule has 0 aromatic heterocycles. The van der Waals surface area contributed by atoms with Crippen molar-refractivity contribution in [2.45, 2.75) is 52.3 Å². The van der Waals surface area contributed by atoms with Crippen LogP contribution in [0.3, 0.4) is 0 Å². The van der Waals surface area contributed by atoms with Crippen molar-refractivity contribution in [3.63, 3.8) is 0 Å². The summed E-state index contributed by atoms with van der Waals surface area (Å²) in [6, 6.07) is 8.91. The Balaban J connectivity index is 1.66. The van der Waals surface area contributed by atoms with E-state index in [4.69, 9.17) is 4.74 Å². The largest absolute Gasteiger partial charge is 0.379 e. The number of likely N-dealkylation sites (tertiary alicyclic amines) is 1. The SMILES string of the molecule is CN=C(NCCCOC(C)C)NCc1ccc(CN2CCCC2)cc1. The minimum absolute atomic E-state index is 0.297. The number of aliphatic imine (C=N–C) groups is 1. The van der Waals surface area contributed by atoms with Crippen molar-refractivity contribution in [2.24, 2.45) is 4.99 Å². The first-order chi connectivity index (χ1) is 12.2. The number of ether oxygens (including phenoxy) is 1. The van der Waals surface area contributed by atoms with E-state index in [0.29, 0.717) is 6.10 Å². The van der Waals surface area contributed by atoms with Gasteiger partial charge in [0.25, 0.3) is 0 Å². The Kier molecular flexibility index (Phi) is 8.77. The minimum Gasteiger partial charge on any atom is -0.379 e. The van der Waals surface area contributed by atoms with Crippen LogP contribution in [0.4, 0.5) is 0 Å². The molecule has 0 spiro atoms. The van der Waals surface area contributed by atoms with Crippen LogP contribution in [0, 0.1) is 0 Å². The van der Waals surface area contributed by atoms with E-state index in [1.807, 2.05) is 0 Å². The lowest BCUT2D eigenvalue weighted by molar-refractivity contribution is 0.0776. The molecule has 0 unspecified atom stereocenters. The Hall–Kier alpha value is -1.59. The Bertz CT molecular complexity index is 507.